The van der Waals surface area contributed by atoms with Crippen molar-refractivity contribution in [3.8, 4) is 56.6 Å². The summed E-state index contributed by atoms with van der Waals surface area (Å²) in [5.74, 6) is 3.30. The van der Waals surface area contributed by atoms with E-state index in [0.717, 1.165) is 67.5 Å². The van der Waals surface area contributed by atoms with Crippen LogP contribution in [-0.4, -0.2) is 16.7 Å². The number of benzene rings is 5. The Hall–Kier alpha value is -5.29. The maximum absolute atomic E-state index is 6.51. The summed E-state index contributed by atoms with van der Waals surface area (Å²) < 4.78 is 12.8. The third-order valence-electron chi connectivity index (χ3n) is 9.36. The van der Waals surface area contributed by atoms with Gasteiger partial charge in [-0.3, -0.25) is 0 Å². The molecule has 0 bridgehead atoms. The maximum atomic E-state index is 6.51. The SMILES string of the molecule is Cc1c[c-]c(-c2cc(C)c(C)cn2)cc1.Cc1ccccc1-c1ccc(-c2[c-]cc3c4c2Oc2ccccc2B4c2ccccc2O3)nc1.[Ir]. The first-order chi connectivity index (χ1) is 23.9. The Balaban J connectivity index is 0.000000207. The number of aryl methyl sites for hydroxylation is 4. The minimum atomic E-state index is 0. The van der Waals surface area contributed by atoms with Crippen molar-refractivity contribution in [1.29, 1.82) is 0 Å². The van der Waals surface area contributed by atoms with Crippen molar-refractivity contribution in [2.45, 2.75) is 27.7 Å². The van der Waals surface area contributed by atoms with Crippen LogP contribution in [0.1, 0.15) is 22.3 Å². The van der Waals surface area contributed by atoms with Gasteiger partial charge in [-0.15, -0.1) is 47.5 Å². The van der Waals surface area contributed by atoms with Crippen LogP contribution in [-0.2, 0) is 20.1 Å². The largest absolute Gasteiger partial charge is 0.503 e. The molecular weight excluding hydrogens is 792 g/mol. The molecule has 0 fully saturated rings. The zero-order chi connectivity index (χ0) is 33.5. The number of aromatic nitrogens is 2. The van der Waals surface area contributed by atoms with Crippen molar-refractivity contribution in [2.24, 2.45) is 0 Å². The number of ether oxygens (including phenoxy) is 2. The van der Waals surface area contributed by atoms with Crippen LogP contribution in [0.3, 0.4) is 0 Å². The summed E-state index contributed by atoms with van der Waals surface area (Å²) in [7, 11) is 0. The van der Waals surface area contributed by atoms with Gasteiger partial charge in [0.2, 0.25) is 6.71 Å². The van der Waals surface area contributed by atoms with Crippen LogP contribution in [0.15, 0.2) is 128 Å². The van der Waals surface area contributed by atoms with Crippen molar-refractivity contribution in [3.05, 3.63) is 162 Å². The van der Waals surface area contributed by atoms with E-state index in [0.29, 0.717) is 0 Å². The first-order valence-electron chi connectivity index (χ1n) is 16.5. The Morgan fingerprint density at radius 2 is 1.28 bits per heavy atom. The average Bonchev–Trinajstić information content (AvgIpc) is 3.14. The fourth-order valence-electron chi connectivity index (χ4n) is 6.54. The smallest absolute Gasteiger partial charge is 0.239 e. The number of hydrogen-bond acceptors (Lipinski definition) is 4. The molecule has 0 spiro atoms. The molecule has 0 unspecified atom stereocenters. The monoisotopic (exact) mass is 825 g/mol. The van der Waals surface area contributed by atoms with Gasteiger partial charge in [0.15, 0.2) is 0 Å². The Morgan fingerprint density at radius 1 is 0.580 bits per heavy atom. The van der Waals surface area contributed by atoms with Gasteiger partial charge in [0.25, 0.3) is 0 Å². The van der Waals surface area contributed by atoms with Crippen LogP contribution in [0.4, 0.5) is 0 Å². The molecule has 50 heavy (non-hydrogen) atoms. The number of rotatable bonds is 3. The molecule has 2 aliphatic rings. The molecule has 6 heteroatoms. The summed E-state index contributed by atoms with van der Waals surface area (Å²) in [5.41, 5.74) is 14.3. The Bertz CT molecular complexity index is 2330. The molecule has 1 radical (unpaired) electrons. The Labute approximate surface area is 307 Å². The van der Waals surface area contributed by atoms with Crippen molar-refractivity contribution in [3.63, 3.8) is 0 Å². The number of nitrogens with zero attached hydrogens (tertiary/aromatic N) is 2. The van der Waals surface area contributed by atoms with E-state index < -0.39 is 0 Å². The van der Waals surface area contributed by atoms with E-state index in [9.17, 15) is 0 Å². The van der Waals surface area contributed by atoms with Crippen LogP contribution in [0.2, 0.25) is 0 Å². The van der Waals surface area contributed by atoms with Crippen LogP contribution in [0.5, 0.6) is 23.0 Å². The van der Waals surface area contributed by atoms with Crippen LogP contribution in [0, 0.1) is 39.8 Å². The van der Waals surface area contributed by atoms with E-state index in [4.69, 9.17) is 14.5 Å². The van der Waals surface area contributed by atoms with E-state index >= 15 is 0 Å². The second kappa shape index (κ2) is 13.9. The molecular formula is C44H33BIrN2O2-2. The van der Waals surface area contributed by atoms with Gasteiger partial charge >= 0.3 is 0 Å². The summed E-state index contributed by atoms with van der Waals surface area (Å²) in [5, 5.41) is 0. The summed E-state index contributed by atoms with van der Waals surface area (Å²) in [6.45, 7) is 8.40. The predicted octanol–water partition coefficient (Wildman–Crippen LogP) is 8.72. The van der Waals surface area contributed by atoms with Gasteiger partial charge in [0.05, 0.1) is 0 Å². The normalized spacial score (nSPS) is 11.7. The second-order valence-electron chi connectivity index (χ2n) is 12.7. The molecule has 0 N–H and O–H groups in total. The summed E-state index contributed by atoms with van der Waals surface area (Å²) >= 11 is 0. The third-order valence-corrected chi connectivity index (χ3v) is 9.36. The molecule has 0 atom stereocenters. The van der Waals surface area contributed by atoms with Crippen LogP contribution < -0.4 is 25.9 Å². The van der Waals surface area contributed by atoms with Crippen LogP contribution >= 0.6 is 0 Å². The van der Waals surface area contributed by atoms with Gasteiger partial charge in [0, 0.05) is 44.0 Å². The van der Waals surface area contributed by atoms with E-state index in [1.165, 1.54) is 27.8 Å². The third kappa shape index (κ3) is 6.17. The summed E-state index contributed by atoms with van der Waals surface area (Å²) in [6.07, 6.45) is 3.84. The van der Waals surface area contributed by atoms with E-state index in [2.05, 4.69) is 118 Å². The fraction of sp³-hybridized carbons (Fsp3) is 0.0909. The molecule has 4 heterocycles. The predicted molar refractivity (Wildman–Crippen MR) is 199 cm³/mol. The van der Waals surface area contributed by atoms with E-state index in [1.54, 1.807) is 0 Å². The van der Waals surface area contributed by atoms with E-state index in [-0.39, 0.29) is 26.8 Å². The number of pyridine rings is 2. The zero-order valence-corrected chi connectivity index (χ0v) is 30.6. The van der Waals surface area contributed by atoms with E-state index in [1.807, 2.05) is 54.9 Å². The van der Waals surface area contributed by atoms with Gasteiger partial charge in [0.1, 0.15) is 11.5 Å². The van der Waals surface area contributed by atoms with Gasteiger partial charge in [-0.1, -0.05) is 102 Å². The zero-order valence-electron chi connectivity index (χ0n) is 28.2. The molecule has 2 aromatic heterocycles. The number of para-hydroxylation sites is 2. The first kappa shape index (κ1) is 33.2. The Kier molecular flexibility index (Phi) is 9.24. The number of hydrogen-bond donors (Lipinski definition) is 0. The molecule has 0 saturated carbocycles. The standard InChI is InChI=1S/C30H19BNO2.C14H14N.Ir/c1-19-8-2-3-9-21(19)20-14-16-25(32-18-20)22-15-17-28-29-30(22)34-27-13-7-5-11-24(27)31(29)23-10-4-6-12-26(23)33-28;1-10-4-6-13(7-5-10)14-8-11(2)12(3)9-15-14;/h2-14,16-18H,1H3;4-6,8-9H,1-3H3;/q2*-1;. The van der Waals surface area contributed by atoms with Gasteiger partial charge < -0.3 is 19.4 Å². The molecule has 0 aliphatic carbocycles. The molecule has 0 amide bonds. The molecule has 245 valence electrons. The van der Waals surface area contributed by atoms with Crippen molar-refractivity contribution < 1.29 is 29.6 Å². The van der Waals surface area contributed by atoms with Gasteiger partial charge in [-0.2, -0.15) is 0 Å². The summed E-state index contributed by atoms with van der Waals surface area (Å²) in [6, 6.07) is 45.8. The minimum Gasteiger partial charge on any atom is -0.503 e. The topological polar surface area (TPSA) is 44.2 Å². The minimum absolute atomic E-state index is 0. The average molecular weight is 825 g/mol. The van der Waals surface area contributed by atoms with Crippen molar-refractivity contribution >= 4 is 23.1 Å². The fourth-order valence-corrected chi connectivity index (χ4v) is 6.54. The molecule has 7 aromatic rings. The molecule has 4 nitrogen and oxygen atoms in total. The molecule has 2 aliphatic heterocycles. The second-order valence-corrected chi connectivity index (χ2v) is 12.7. The maximum Gasteiger partial charge on any atom is 0.239 e. The van der Waals surface area contributed by atoms with Gasteiger partial charge in [-0.25, -0.2) is 0 Å². The van der Waals surface area contributed by atoms with Crippen molar-refractivity contribution in [2.75, 3.05) is 0 Å². The molecule has 5 aromatic carbocycles. The molecule has 0 saturated heterocycles. The van der Waals surface area contributed by atoms with Crippen LogP contribution in [0.25, 0.3) is 33.6 Å². The molecule has 9 rings (SSSR count). The number of fused-ring (bicyclic) bond motifs is 4. The van der Waals surface area contributed by atoms with Gasteiger partial charge in [-0.05, 0) is 77.5 Å². The Morgan fingerprint density at radius 3 is 1.96 bits per heavy atom. The van der Waals surface area contributed by atoms with Crippen molar-refractivity contribution in [1.82, 2.24) is 9.97 Å². The summed E-state index contributed by atoms with van der Waals surface area (Å²) in [4.78, 5) is 9.23. The first-order valence-corrected chi connectivity index (χ1v) is 16.5. The quantitative estimate of drug-likeness (QED) is 0.132.